The van der Waals surface area contributed by atoms with Gasteiger partial charge in [-0.05, 0) is 30.5 Å². The Morgan fingerprint density at radius 2 is 1.96 bits per heavy atom. The zero-order chi connectivity index (χ0) is 19.7. The molecule has 28 heavy (non-hydrogen) atoms. The molecule has 1 fully saturated rings. The first-order chi connectivity index (χ1) is 13.5. The second kappa shape index (κ2) is 7.54. The number of aromatic nitrogens is 1. The number of anilines is 1. The largest absolute Gasteiger partial charge is 0.326 e. The smallest absolute Gasteiger partial charge is 0.272 e. The Bertz CT molecular complexity index is 921. The van der Waals surface area contributed by atoms with Crippen LogP contribution >= 0.6 is 0 Å². The maximum atomic E-state index is 13.1. The summed E-state index contributed by atoms with van der Waals surface area (Å²) in [7, 11) is 1.71. The highest BCUT2D eigenvalue weighted by Gasteiger charge is 2.33. The number of likely N-dealkylation sites (N-methyl/N-ethyl adjacent to an activating group) is 1. The molecule has 1 aromatic carbocycles. The van der Waals surface area contributed by atoms with Crippen LogP contribution < -0.4 is 10.2 Å². The van der Waals surface area contributed by atoms with Gasteiger partial charge in [0, 0.05) is 24.7 Å². The van der Waals surface area contributed by atoms with Crippen molar-refractivity contribution in [3.05, 3.63) is 59.9 Å². The minimum absolute atomic E-state index is 0.131. The number of hydrogen-bond acceptors (Lipinski definition) is 4. The van der Waals surface area contributed by atoms with E-state index in [1.165, 1.54) is 12.8 Å². The molecule has 2 heterocycles. The molecule has 6 heteroatoms. The van der Waals surface area contributed by atoms with Crippen LogP contribution in [0.4, 0.5) is 5.69 Å². The number of benzodiazepines with no additional fused rings is 1. The molecule has 6 nitrogen and oxygen atoms in total. The first-order valence-corrected chi connectivity index (χ1v) is 9.71. The van der Waals surface area contributed by atoms with Gasteiger partial charge in [0.05, 0.1) is 17.1 Å². The summed E-state index contributed by atoms with van der Waals surface area (Å²) >= 11 is 0. The number of benzene rings is 1. The zero-order valence-corrected chi connectivity index (χ0v) is 16.1. The number of amides is 2. The van der Waals surface area contributed by atoms with Crippen LogP contribution in [-0.4, -0.2) is 35.7 Å². The highest BCUT2D eigenvalue weighted by atomic mass is 16.2. The molecule has 2 atom stereocenters. The van der Waals surface area contributed by atoms with Crippen LogP contribution in [0.15, 0.2) is 53.7 Å². The van der Waals surface area contributed by atoms with Gasteiger partial charge in [-0.1, -0.05) is 44.0 Å². The van der Waals surface area contributed by atoms with Crippen LogP contribution in [0.2, 0.25) is 0 Å². The first kappa shape index (κ1) is 18.3. The van der Waals surface area contributed by atoms with Crippen molar-refractivity contribution in [3.8, 4) is 0 Å². The fourth-order valence-corrected chi connectivity index (χ4v) is 3.56. The van der Waals surface area contributed by atoms with Crippen LogP contribution in [0.25, 0.3) is 0 Å². The Morgan fingerprint density at radius 1 is 1.21 bits per heavy atom. The molecular weight excluding hydrogens is 352 g/mol. The van der Waals surface area contributed by atoms with Crippen molar-refractivity contribution in [1.29, 1.82) is 0 Å². The van der Waals surface area contributed by atoms with Gasteiger partial charge in [-0.25, -0.2) is 4.99 Å². The average Bonchev–Trinajstić information content (AvgIpc) is 3.54. The van der Waals surface area contributed by atoms with Crippen LogP contribution in [0.1, 0.15) is 37.4 Å². The molecule has 2 aliphatic rings. The van der Waals surface area contributed by atoms with E-state index in [2.05, 4.69) is 15.3 Å². The monoisotopic (exact) mass is 376 g/mol. The van der Waals surface area contributed by atoms with Gasteiger partial charge < -0.3 is 10.2 Å². The van der Waals surface area contributed by atoms with Crippen molar-refractivity contribution in [2.24, 2.45) is 16.8 Å². The van der Waals surface area contributed by atoms with E-state index in [4.69, 9.17) is 0 Å². The minimum Gasteiger partial charge on any atom is -0.326 e. The number of hydrogen-bond donors (Lipinski definition) is 1. The van der Waals surface area contributed by atoms with Crippen molar-refractivity contribution in [1.82, 2.24) is 10.3 Å². The van der Waals surface area contributed by atoms with Gasteiger partial charge in [0.25, 0.3) is 5.91 Å². The van der Waals surface area contributed by atoms with Gasteiger partial charge in [0.2, 0.25) is 12.1 Å². The molecule has 1 aliphatic carbocycles. The highest BCUT2D eigenvalue weighted by Crippen LogP contribution is 2.35. The van der Waals surface area contributed by atoms with E-state index in [0.717, 1.165) is 17.7 Å². The van der Waals surface area contributed by atoms with E-state index in [9.17, 15) is 9.59 Å². The molecule has 2 unspecified atom stereocenters. The topological polar surface area (TPSA) is 74.7 Å². The number of nitrogens with zero attached hydrogens (tertiary/aromatic N) is 3. The van der Waals surface area contributed by atoms with Crippen molar-refractivity contribution in [2.45, 2.75) is 32.4 Å². The molecule has 0 radical (unpaired) electrons. The molecule has 2 aromatic rings. The number of rotatable bonds is 5. The van der Waals surface area contributed by atoms with Crippen LogP contribution in [0.3, 0.4) is 0 Å². The predicted molar refractivity (Wildman–Crippen MR) is 108 cm³/mol. The number of aliphatic imine (C=N–C) groups is 1. The summed E-state index contributed by atoms with van der Waals surface area (Å²) in [5.74, 6) is 0.119. The molecule has 1 saturated carbocycles. The number of nitrogens with one attached hydrogen (secondary N) is 1. The van der Waals surface area contributed by atoms with E-state index in [0.29, 0.717) is 17.3 Å². The fraction of sp³-hybridized carbons (Fsp3) is 0.364. The number of pyridine rings is 1. The van der Waals surface area contributed by atoms with Crippen LogP contribution in [-0.2, 0) is 9.59 Å². The second-order valence-electron chi connectivity index (χ2n) is 7.60. The maximum absolute atomic E-state index is 13.1. The minimum atomic E-state index is -0.969. The molecular formula is C22H24N4O2. The summed E-state index contributed by atoms with van der Waals surface area (Å²) in [5, 5.41) is 2.86. The van der Waals surface area contributed by atoms with Gasteiger partial charge in [-0.15, -0.1) is 0 Å². The summed E-state index contributed by atoms with van der Waals surface area (Å²) in [6, 6.07) is 13.2. The number of carbonyl (C=O) groups excluding carboxylic acids is 2. The van der Waals surface area contributed by atoms with Crippen molar-refractivity contribution in [2.75, 3.05) is 11.9 Å². The van der Waals surface area contributed by atoms with Gasteiger partial charge in [0.1, 0.15) is 0 Å². The molecule has 0 spiro atoms. The predicted octanol–water partition coefficient (Wildman–Crippen LogP) is 2.77. The Labute approximate surface area is 164 Å². The Kier molecular flexibility index (Phi) is 4.94. The lowest BCUT2D eigenvalue weighted by atomic mass is 10.0. The summed E-state index contributed by atoms with van der Waals surface area (Å²) < 4.78 is 0. The van der Waals surface area contributed by atoms with Crippen molar-refractivity contribution < 1.29 is 9.59 Å². The van der Waals surface area contributed by atoms with E-state index >= 15 is 0 Å². The lowest BCUT2D eigenvalue weighted by molar-refractivity contribution is -0.129. The first-order valence-electron chi connectivity index (χ1n) is 9.71. The molecule has 4 rings (SSSR count). The zero-order valence-electron chi connectivity index (χ0n) is 16.1. The van der Waals surface area contributed by atoms with Crippen molar-refractivity contribution in [3.63, 3.8) is 0 Å². The second-order valence-corrected chi connectivity index (χ2v) is 7.60. The third kappa shape index (κ3) is 3.67. The summed E-state index contributed by atoms with van der Waals surface area (Å²) in [6.45, 7) is 1.91. The standard InChI is InChI=1S/C22H24N4O2/c1-14(13-15-10-11-15)21(27)25-20-22(28)26(2)18-9-4-3-7-16(18)19(24-20)17-8-5-6-12-23-17/h3-9,12,14-15,20H,10-11,13H2,1-2H3,(H,25,27). The Balaban J connectivity index is 1.70. The van der Waals surface area contributed by atoms with Gasteiger partial charge >= 0.3 is 0 Å². The molecule has 0 saturated heterocycles. The highest BCUT2D eigenvalue weighted by molar-refractivity contribution is 6.19. The maximum Gasteiger partial charge on any atom is 0.272 e. The molecule has 0 bridgehead atoms. The van der Waals surface area contributed by atoms with Crippen LogP contribution in [0.5, 0.6) is 0 Å². The number of fused-ring (bicyclic) bond motifs is 1. The van der Waals surface area contributed by atoms with Gasteiger partial charge in [0.15, 0.2) is 0 Å². The molecule has 1 aromatic heterocycles. The van der Waals surface area contributed by atoms with E-state index < -0.39 is 6.17 Å². The SMILES string of the molecule is CC(CC1CC1)C(=O)NC1N=C(c2ccccn2)c2ccccc2N(C)C1=O. The molecule has 1 aliphatic heterocycles. The third-order valence-corrected chi connectivity index (χ3v) is 5.36. The number of carbonyl (C=O) groups is 2. The fourth-order valence-electron chi connectivity index (χ4n) is 3.56. The Hall–Kier alpha value is -3.02. The molecule has 2 amide bonds. The molecule has 1 N–H and O–H groups in total. The quantitative estimate of drug-likeness (QED) is 0.872. The third-order valence-electron chi connectivity index (χ3n) is 5.36. The van der Waals surface area contributed by atoms with E-state index in [1.807, 2.05) is 49.4 Å². The van der Waals surface area contributed by atoms with Crippen molar-refractivity contribution >= 4 is 23.2 Å². The average molecular weight is 376 g/mol. The van der Waals surface area contributed by atoms with Crippen LogP contribution in [0, 0.1) is 11.8 Å². The Morgan fingerprint density at radius 3 is 2.68 bits per heavy atom. The normalized spacial score (nSPS) is 20.1. The summed E-state index contributed by atoms with van der Waals surface area (Å²) in [6.07, 6.45) is 3.98. The lowest BCUT2D eigenvalue weighted by Gasteiger charge is -2.22. The summed E-state index contributed by atoms with van der Waals surface area (Å²) in [5.41, 5.74) is 2.84. The number of para-hydroxylation sites is 1. The van der Waals surface area contributed by atoms with Gasteiger partial charge in [-0.2, -0.15) is 0 Å². The van der Waals surface area contributed by atoms with Gasteiger partial charge in [-0.3, -0.25) is 14.6 Å². The van der Waals surface area contributed by atoms with E-state index in [-0.39, 0.29) is 17.7 Å². The van der Waals surface area contributed by atoms with E-state index in [1.54, 1.807) is 18.1 Å². The molecule has 144 valence electrons. The lowest BCUT2D eigenvalue weighted by Crippen LogP contribution is -2.47. The summed E-state index contributed by atoms with van der Waals surface area (Å²) in [4.78, 5) is 36.4.